The summed E-state index contributed by atoms with van der Waals surface area (Å²) in [6.07, 6.45) is 1.65. The number of hydrogen-bond donors (Lipinski definition) is 6. The second kappa shape index (κ2) is 12.0. The number of nitrogens with one attached hydrogen (secondary N) is 4. The van der Waals surface area contributed by atoms with Crippen molar-refractivity contribution in [1.29, 1.82) is 0 Å². The smallest absolute Gasteiger partial charge is 0.323 e. The zero-order valence-corrected chi connectivity index (χ0v) is 20.4. The van der Waals surface area contributed by atoms with Crippen molar-refractivity contribution in [3.63, 3.8) is 0 Å². The molecule has 0 atom stereocenters. The van der Waals surface area contributed by atoms with Crippen LogP contribution in [0.2, 0.25) is 0 Å². The van der Waals surface area contributed by atoms with Crippen molar-refractivity contribution in [1.82, 2.24) is 15.3 Å². The number of urea groups is 1. The first-order valence-electron chi connectivity index (χ1n) is 11.7. The molecule has 6 N–H and O–H groups in total. The second-order valence-electron chi connectivity index (χ2n) is 8.39. The summed E-state index contributed by atoms with van der Waals surface area (Å²) in [4.78, 5) is 31.8. The Morgan fingerprint density at radius 2 is 1.82 bits per heavy atom. The molecule has 4 rings (SSSR count). The van der Waals surface area contributed by atoms with E-state index in [4.69, 9.17) is 14.9 Å². The summed E-state index contributed by atoms with van der Waals surface area (Å²) >= 11 is 0. The molecule has 4 aromatic rings. The van der Waals surface area contributed by atoms with Gasteiger partial charge in [0.2, 0.25) is 0 Å². The number of ether oxygens (including phenoxy) is 1. The minimum Gasteiger partial charge on any atom is -0.457 e. The lowest BCUT2D eigenvalue weighted by Gasteiger charge is -2.10. The summed E-state index contributed by atoms with van der Waals surface area (Å²) in [5, 5.41) is 25.5. The fraction of sp³-hybridized carbons (Fsp3) is 0.148. The van der Waals surface area contributed by atoms with Crippen LogP contribution in [0.15, 0.2) is 73.1 Å². The number of halogens is 1. The number of aromatic nitrogens is 2. The van der Waals surface area contributed by atoms with Gasteiger partial charge in [-0.25, -0.2) is 9.18 Å². The van der Waals surface area contributed by atoms with Crippen LogP contribution in [0.3, 0.4) is 0 Å². The number of carbonyl (C=O) groups excluding carboxylic acids is 2. The lowest BCUT2D eigenvalue weighted by atomic mass is 10.2. The Bertz CT molecular complexity index is 1420. The molecule has 0 radical (unpaired) electrons. The highest BCUT2D eigenvalue weighted by Gasteiger charge is 2.12. The Morgan fingerprint density at radius 3 is 2.58 bits per heavy atom. The standard InChI is InChI=1S/C27H26FN5O5/c1-16-2-7-21(28)22(12-16)33-27(37)32-18-3-5-19(6-4-18)38-20-8-10-29-24(14-20)23-13-17(15-31-23)26(36)30-11-9-25(34)35/h2-8,10,12-15,25,31,34-35H,9,11H2,1H3,(H,30,36)(H2,32,33,37). The topological polar surface area (TPSA) is 149 Å². The van der Waals surface area contributed by atoms with E-state index < -0.39 is 18.1 Å². The number of aromatic amines is 1. The van der Waals surface area contributed by atoms with Gasteiger partial charge in [0.05, 0.1) is 22.6 Å². The van der Waals surface area contributed by atoms with Crippen LogP contribution in [-0.4, -0.2) is 45.0 Å². The zero-order valence-electron chi connectivity index (χ0n) is 20.4. The molecule has 0 fully saturated rings. The van der Waals surface area contributed by atoms with Gasteiger partial charge < -0.3 is 35.9 Å². The van der Waals surface area contributed by atoms with Gasteiger partial charge in [-0.1, -0.05) is 6.07 Å². The summed E-state index contributed by atoms with van der Waals surface area (Å²) in [5.74, 6) is 0.132. The fourth-order valence-electron chi connectivity index (χ4n) is 3.47. The van der Waals surface area contributed by atoms with Gasteiger partial charge >= 0.3 is 6.03 Å². The molecular formula is C27H26FN5O5. The molecule has 0 spiro atoms. The number of carbonyl (C=O) groups is 2. The van der Waals surface area contributed by atoms with Crippen LogP contribution in [0.1, 0.15) is 22.3 Å². The lowest BCUT2D eigenvalue weighted by Crippen LogP contribution is -2.26. The molecule has 2 aromatic heterocycles. The summed E-state index contributed by atoms with van der Waals surface area (Å²) in [6.45, 7) is 1.93. The molecule has 2 heterocycles. The number of nitrogens with zero attached hydrogens (tertiary/aromatic N) is 1. The molecule has 0 saturated heterocycles. The Morgan fingerprint density at radius 1 is 1.03 bits per heavy atom. The SMILES string of the molecule is Cc1ccc(F)c(NC(=O)Nc2ccc(Oc3ccnc(-c4cc(C(=O)NCCC(O)O)c[nH]4)c3)cc2)c1. The molecule has 38 heavy (non-hydrogen) atoms. The van der Waals surface area contributed by atoms with Gasteiger partial charge in [-0.2, -0.15) is 0 Å². The number of benzene rings is 2. The van der Waals surface area contributed by atoms with Crippen molar-refractivity contribution >= 4 is 23.3 Å². The first-order valence-corrected chi connectivity index (χ1v) is 11.7. The predicted octanol–water partition coefficient (Wildman–Crippen LogP) is 4.39. The molecule has 0 aliphatic heterocycles. The third kappa shape index (κ3) is 7.15. The molecule has 0 aliphatic rings. The Kier molecular flexibility index (Phi) is 8.31. The number of aryl methyl sites for hydroxylation is 1. The summed E-state index contributed by atoms with van der Waals surface area (Å²) in [7, 11) is 0. The molecule has 196 valence electrons. The van der Waals surface area contributed by atoms with E-state index in [-0.39, 0.29) is 24.6 Å². The van der Waals surface area contributed by atoms with Crippen molar-refractivity contribution in [3.8, 4) is 22.9 Å². The third-order valence-corrected chi connectivity index (χ3v) is 5.36. The van der Waals surface area contributed by atoms with Gasteiger partial charge in [-0.3, -0.25) is 9.78 Å². The van der Waals surface area contributed by atoms with E-state index >= 15 is 0 Å². The Labute approximate surface area is 217 Å². The van der Waals surface area contributed by atoms with Gasteiger partial charge in [0.15, 0.2) is 6.29 Å². The number of aliphatic hydroxyl groups is 2. The number of amides is 3. The first kappa shape index (κ1) is 26.3. The number of pyridine rings is 1. The minimum atomic E-state index is -1.48. The average molecular weight is 520 g/mol. The highest BCUT2D eigenvalue weighted by Crippen LogP contribution is 2.27. The summed E-state index contributed by atoms with van der Waals surface area (Å²) in [5.41, 5.74) is 2.92. The van der Waals surface area contributed by atoms with Crippen LogP contribution in [0.4, 0.5) is 20.6 Å². The molecular weight excluding hydrogens is 493 g/mol. The van der Waals surface area contributed by atoms with Crippen LogP contribution in [-0.2, 0) is 0 Å². The van der Waals surface area contributed by atoms with Crippen LogP contribution in [0.5, 0.6) is 11.5 Å². The maximum absolute atomic E-state index is 13.9. The summed E-state index contributed by atoms with van der Waals surface area (Å²) in [6, 6.07) is 15.5. The van der Waals surface area contributed by atoms with E-state index in [0.717, 1.165) is 5.56 Å². The van der Waals surface area contributed by atoms with E-state index in [9.17, 15) is 14.0 Å². The summed E-state index contributed by atoms with van der Waals surface area (Å²) < 4.78 is 19.8. The van der Waals surface area contributed by atoms with Gasteiger partial charge in [-0.05, 0) is 61.0 Å². The van der Waals surface area contributed by atoms with Crippen LogP contribution >= 0.6 is 0 Å². The van der Waals surface area contributed by atoms with Crippen LogP contribution in [0, 0.1) is 12.7 Å². The first-order chi connectivity index (χ1) is 18.3. The number of hydrogen-bond acceptors (Lipinski definition) is 6. The largest absolute Gasteiger partial charge is 0.457 e. The van der Waals surface area contributed by atoms with Crippen LogP contribution in [0.25, 0.3) is 11.4 Å². The monoisotopic (exact) mass is 519 g/mol. The van der Waals surface area contributed by atoms with E-state index in [1.54, 1.807) is 67.7 Å². The molecule has 0 unspecified atom stereocenters. The van der Waals surface area contributed by atoms with Crippen molar-refractivity contribution in [3.05, 3.63) is 90.0 Å². The maximum Gasteiger partial charge on any atom is 0.323 e. The van der Waals surface area contributed by atoms with E-state index in [0.29, 0.717) is 34.1 Å². The second-order valence-corrected chi connectivity index (χ2v) is 8.39. The average Bonchev–Trinajstić information content (AvgIpc) is 3.38. The van der Waals surface area contributed by atoms with Gasteiger partial charge in [0, 0.05) is 37.1 Å². The number of H-pyrrole nitrogens is 1. The van der Waals surface area contributed by atoms with Gasteiger partial charge in [-0.15, -0.1) is 0 Å². The molecule has 0 bridgehead atoms. The molecule has 10 nitrogen and oxygen atoms in total. The molecule has 0 aliphatic carbocycles. The Hall–Kier alpha value is -4.74. The van der Waals surface area contributed by atoms with E-state index in [2.05, 4.69) is 25.9 Å². The molecule has 11 heteroatoms. The fourth-order valence-corrected chi connectivity index (χ4v) is 3.47. The number of aliphatic hydroxyl groups excluding tert-OH is 1. The van der Waals surface area contributed by atoms with E-state index in [1.807, 2.05) is 0 Å². The molecule has 2 aromatic carbocycles. The quantitative estimate of drug-likeness (QED) is 0.181. The highest BCUT2D eigenvalue weighted by atomic mass is 19.1. The zero-order chi connectivity index (χ0) is 27.1. The van der Waals surface area contributed by atoms with Crippen molar-refractivity contribution in [2.45, 2.75) is 19.6 Å². The van der Waals surface area contributed by atoms with Crippen molar-refractivity contribution in [2.24, 2.45) is 0 Å². The third-order valence-electron chi connectivity index (χ3n) is 5.36. The van der Waals surface area contributed by atoms with Crippen LogP contribution < -0.4 is 20.7 Å². The number of rotatable bonds is 9. The normalized spacial score (nSPS) is 10.8. The lowest BCUT2D eigenvalue weighted by molar-refractivity contribution is -0.0440. The molecule has 3 amide bonds. The van der Waals surface area contributed by atoms with Gasteiger partial charge in [0.1, 0.15) is 17.3 Å². The maximum atomic E-state index is 13.9. The Balaban J connectivity index is 1.35. The van der Waals surface area contributed by atoms with E-state index in [1.165, 1.54) is 12.3 Å². The predicted molar refractivity (Wildman–Crippen MR) is 139 cm³/mol. The highest BCUT2D eigenvalue weighted by molar-refractivity contribution is 6.00. The van der Waals surface area contributed by atoms with Gasteiger partial charge in [0.25, 0.3) is 5.91 Å². The van der Waals surface area contributed by atoms with Crippen molar-refractivity contribution in [2.75, 3.05) is 17.2 Å². The van der Waals surface area contributed by atoms with Crippen molar-refractivity contribution < 1.29 is 28.9 Å². The minimum absolute atomic E-state index is 0.0294. The number of anilines is 2. The molecule has 0 saturated carbocycles.